The van der Waals surface area contributed by atoms with Gasteiger partial charge in [0, 0.05) is 44.4 Å². The number of nitrogens with one attached hydrogen (secondary N) is 1. The highest BCUT2D eigenvalue weighted by atomic mass is 32.2. The number of nitrogens with zero attached hydrogens (tertiary/aromatic N) is 3. The molecule has 1 aliphatic carbocycles. The number of amidine groups is 1. The lowest BCUT2D eigenvalue weighted by Crippen LogP contribution is -2.50. The van der Waals surface area contributed by atoms with Gasteiger partial charge in [0.05, 0.1) is 0 Å². The van der Waals surface area contributed by atoms with E-state index in [1.54, 1.807) is 13.1 Å². The lowest BCUT2D eigenvalue weighted by atomic mass is 9.79. The Kier molecular flexibility index (Phi) is 9.41. The first kappa shape index (κ1) is 32.0. The fourth-order valence-corrected chi connectivity index (χ4v) is 7.46. The number of halogens is 3. The Bertz CT molecular complexity index is 1340. The van der Waals surface area contributed by atoms with Crippen molar-refractivity contribution in [1.29, 1.82) is 0 Å². The van der Waals surface area contributed by atoms with E-state index in [1.165, 1.54) is 14.6 Å². The zero-order valence-electron chi connectivity index (χ0n) is 24.3. The fourth-order valence-electron chi connectivity index (χ4n) is 6.29. The highest BCUT2D eigenvalue weighted by Gasteiger charge is 2.48. The molecule has 1 aromatic carbocycles. The summed E-state index contributed by atoms with van der Waals surface area (Å²) in [5.74, 6) is 0.416. The van der Waals surface area contributed by atoms with Gasteiger partial charge >= 0.3 is 12.2 Å². The smallest absolute Gasteiger partial charge is 0.351 e. The molecule has 13 heteroatoms. The summed E-state index contributed by atoms with van der Waals surface area (Å²) in [6.45, 7) is 4.40. The van der Waals surface area contributed by atoms with Gasteiger partial charge in [-0.25, -0.2) is 13.2 Å². The van der Waals surface area contributed by atoms with Crippen LogP contribution in [0.15, 0.2) is 22.5 Å². The summed E-state index contributed by atoms with van der Waals surface area (Å²) in [4.78, 5) is 30.5. The minimum absolute atomic E-state index is 0.00854. The molecule has 0 unspecified atom stereocenters. The summed E-state index contributed by atoms with van der Waals surface area (Å²) < 4.78 is 65.5. The minimum atomic E-state index is -4.14. The van der Waals surface area contributed by atoms with Crippen molar-refractivity contribution in [3.63, 3.8) is 0 Å². The fraction of sp³-hybridized carbons (Fsp3) is 0.621. The van der Waals surface area contributed by atoms with Crippen LogP contribution in [0.25, 0.3) is 6.08 Å². The van der Waals surface area contributed by atoms with Crippen LogP contribution in [0.2, 0.25) is 0 Å². The number of aliphatic imine (C=N–C) groups is 1. The predicted molar refractivity (Wildman–Crippen MR) is 155 cm³/mol. The zero-order chi connectivity index (χ0) is 30.9. The molecule has 3 aliphatic rings. The molecule has 4 rings (SSSR count). The van der Waals surface area contributed by atoms with Crippen LogP contribution < -0.4 is 11.1 Å². The molecular formula is C29H40F3N5O4S. The van der Waals surface area contributed by atoms with Gasteiger partial charge in [0.25, 0.3) is 5.91 Å². The molecule has 0 radical (unpaired) electrons. The van der Waals surface area contributed by atoms with E-state index in [9.17, 15) is 31.2 Å². The highest BCUT2D eigenvalue weighted by molar-refractivity contribution is 7.92. The summed E-state index contributed by atoms with van der Waals surface area (Å²) in [5, 5.41) is 4.10. The zero-order valence-corrected chi connectivity index (χ0v) is 25.2. The second-order valence-electron chi connectivity index (χ2n) is 11.9. The Morgan fingerprint density at radius 3 is 2.31 bits per heavy atom. The molecular weight excluding hydrogens is 571 g/mol. The Hall–Kier alpha value is -2.93. The van der Waals surface area contributed by atoms with Crippen molar-refractivity contribution in [1.82, 2.24) is 14.5 Å². The van der Waals surface area contributed by atoms with E-state index >= 15 is 0 Å². The molecule has 3 N–H and O–H groups in total. The standard InChI is InChI=1S/C29H40F3N5O4S/c1-19-16-22(18-36(3)27(33)39)17-20(2)24(19)9-15-42(40,41)37-13-11-28(12-14-37)26(38)34-25(35-28)23-6-4-21(5-7-23)8-10-29(30,31)32/h9,15-17,21,23H,4-8,10-14,18H2,1-3H3,(H2,33,39)(H,34,35,38)/b15-9+. The molecule has 42 heavy (non-hydrogen) atoms. The largest absolute Gasteiger partial charge is 0.389 e. The third-order valence-electron chi connectivity index (χ3n) is 8.83. The molecule has 9 nitrogen and oxygen atoms in total. The van der Waals surface area contributed by atoms with Crippen molar-refractivity contribution in [2.24, 2.45) is 22.6 Å². The number of aryl methyl sites for hydroxylation is 2. The molecule has 1 saturated heterocycles. The molecule has 1 spiro atoms. The van der Waals surface area contributed by atoms with Crippen molar-refractivity contribution < 1.29 is 31.2 Å². The molecule has 2 aliphatic heterocycles. The number of piperidine rings is 1. The molecule has 2 fully saturated rings. The van der Waals surface area contributed by atoms with Gasteiger partial charge in [-0.3, -0.25) is 9.79 Å². The van der Waals surface area contributed by atoms with E-state index in [4.69, 9.17) is 10.7 Å². The van der Waals surface area contributed by atoms with Crippen molar-refractivity contribution in [3.05, 3.63) is 39.8 Å². The summed E-state index contributed by atoms with van der Waals surface area (Å²) in [7, 11) is -2.15. The summed E-state index contributed by atoms with van der Waals surface area (Å²) in [5.41, 5.74) is 7.71. The summed E-state index contributed by atoms with van der Waals surface area (Å²) in [6, 6.07) is 3.26. The first-order valence-corrected chi connectivity index (χ1v) is 15.9. The summed E-state index contributed by atoms with van der Waals surface area (Å²) >= 11 is 0. The molecule has 2 heterocycles. The Labute approximate surface area is 245 Å². The van der Waals surface area contributed by atoms with E-state index in [0.29, 0.717) is 38.1 Å². The maximum absolute atomic E-state index is 13.2. The number of urea groups is 1. The number of carbonyl (C=O) groups excluding carboxylic acids is 2. The predicted octanol–water partition coefficient (Wildman–Crippen LogP) is 4.63. The molecule has 0 atom stereocenters. The van der Waals surface area contributed by atoms with Crippen LogP contribution in [-0.4, -0.2) is 67.2 Å². The van der Waals surface area contributed by atoms with Gasteiger partial charge in [-0.1, -0.05) is 12.1 Å². The van der Waals surface area contributed by atoms with Crippen molar-refractivity contribution >= 4 is 33.9 Å². The Morgan fingerprint density at radius 1 is 1.17 bits per heavy atom. The van der Waals surface area contributed by atoms with Crippen LogP contribution in [0.4, 0.5) is 18.0 Å². The number of carbonyl (C=O) groups is 2. The van der Waals surface area contributed by atoms with E-state index < -0.39 is 34.2 Å². The molecule has 0 aromatic heterocycles. The number of rotatable bonds is 8. The average molecular weight is 612 g/mol. The number of amides is 3. The molecule has 3 amide bonds. The molecule has 0 bridgehead atoms. The first-order valence-electron chi connectivity index (χ1n) is 14.4. The number of benzene rings is 1. The number of hydrogen-bond acceptors (Lipinski definition) is 5. The van der Waals surface area contributed by atoms with Crippen LogP contribution >= 0.6 is 0 Å². The van der Waals surface area contributed by atoms with Crippen molar-refractivity contribution in [2.45, 2.75) is 83.5 Å². The van der Waals surface area contributed by atoms with Gasteiger partial charge < -0.3 is 16.0 Å². The quantitative estimate of drug-likeness (QED) is 0.445. The van der Waals surface area contributed by atoms with Gasteiger partial charge in [-0.2, -0.15) is 17.5 Å². The Balaban J connectivity index is 1.36. The van der Waals surface area contributed by atoms with E-state index in [0.717, 1.165) is 22.3 Å². The van der Waals surface area contributed by atoms with E-state index in [1.807, 2.05) is 26.0 Å². The molecule has 232 valence electrons. The van der Waals surface area contributed by atoms with Gasteiger partial charge in [-0.05, 0) is 93.0 Å². The van der Waals surface area contributed by atoms with Gasteiger partial charge in [-0.15, -0.1) is 0 Å². The van der Waals surface area contributed by atoms with Gasteiger partial charge in [0.1, 0.15) is 11.4 Å². The molecule has 1 saturated carbocycles. The Morgan fingerprint density at radius 2 is 1.76 bits per heavy atom. The highest BCUT2D eigenvalue weighted by Crippen LogP contribution is 2.38. The number of nitrogens with two attached hydrogens (primary N) is 1. The lowest BCUT2D eigenvalue weighted by Gasteiger charge is -2.34. The van der Waals surface area contributed by atoms with Crippen LogP contribution in [0.3, 0.4) is 0 Å². The molecule has 1 aromatic rings. The maximum Gasteiger partial charge on any atom is 0.389 e. The van der Waals surface area contributed by atoms with Crippen LogP contribution in [-0.2, 0) is 21.4 Å². The minimum Gasteiger partial charge on any atom is -0.351 e. The second kappa shape index (κ2) is 12.4. The van der Waals surface area contributed by atoms with Crippen molar-refractivity contribution in [3.8, 4) is 0 Å². The van der Waals surface area contributed by atoms with E-state index in [-0.39, 0.29) is 50.1 Å². The lowest BCUT2D eigenvalue weighted by molar-refractivity contribution is -0.138. The SMILES string of the molecule is Cc1cc(CN(C)C(N)=O)cc(C)c1/C=C/S(=O)(=O)N1CCC2(CC1)N=C(C1CCC(CCC(F)(F)F)CC1)NC2=O. The average Bonchev–Trinajstić information content (AvgIpc) is 3.22. The monoisotopic (exact) mass is 611 g/mol. The third kappa shape index (κ3) is 7.52. The topological polar surface area (TPSA) is 125 Å². The van der Waals surface area contributed by atoms with Gasteiger partial charge in [0.15, 0.2) is 0 Å². The normalized spacial score (nSPS) is 23.3. The van der Waals surface area contributed by atoms with Crippen molar-refractivity contribution in [2.75, 3.05) is 20.1 Å². The maximum atomic E-state index is 13.2. The van der Waals surface area contributed by atoms with Crippen LogP contribution in [0.5, 0.6) is 0 Å². The van der Waals surface area contributed by atoms with Crippen LogP contribution in [0, 0.1) is 25.7 Å². The number of sulfonamides is 1. The van der Waals surface area contributed by atoms with E-state index in [2.05, 4.69) is 5.32 Å². The van der Waals surface area contributed by atoms with Gasteiger partial charge in [0.2, 0.25) is 10.0 Å². The number of hydrogen-bond donors (Lipinski definition) is 2. The number of alkyl halides is 3. The second-order valence-corrected chi connectivity index (χ2v) is 13.8. The third-order valence-corrected chi connectivity index (χ3v) is 10.4. The van der Waals surface area contributed by atoms with Crippen LogP contribution in [0.1, 0.15) is 73.6 Å². The number of primary amides is 1. The summed E-state index contributed by atoms with van der Waals surface area (Å²) in [6.07, 6.45) is 0.0497. The first-order chi connectivity index (χ1) is 19.6.